The van der Waals surface area contributed by atoms with Gasteiger partial charge in [0.1, 0.15) is 11.6 Å². The third kappa shape index (κ3) is 4.05. The van der Waals surface area contributed by atoms with Gasteiger partial charge in [-0.2, -0.15) is 23.5 Å². The van der Waals surface area contributed by atoms with Gasteiger partial charge in [-0.15, -0.1) is 0 Å². The summed E-state index contributed by atoms with van der Waals surface area (Å²) < 4.78 is 29.2. The van der Waals surface area contributed by atoms with Crippen LogP contribution in [0.15, 0.2) is 6.20 Å². The molecule has 0 unspecified atom stereocenters. The molecule has 0 aliphatic heterocycles. The van der Waals surface area contributed by atoms with Crippen LogP contribution < -0.4 is 9.44 Å². The normalized spacial score (nSPS) is 11.5. The van der Waals surface area contributed by atoms with E-state index in [-0.39, 0.29) is 17.3 Å². The largest absolute Gasteiger partial charge is 0.300 e. The maximum absolute atomic E-state index is 11.6. The van der Waals surface area contributed by atoms with Gasteiger partial charge in [-0.25, -0.2) is 0 Å². The van der Waals surface area contributed by atoms with Gasteiger partial charge < -0.3 is 0 Å². The van der Waals surface area contributed by atoms with E-state index in [9.17, 15) is 8.42 Å². The summed E-state index contributed by atoms with van der Waals surface area (Å²) in [6.45, 7) is 4.11. The summed E-state index contributed by atoms with van der Waals surface area (Å²) in [6.07, 6.45) is 1.44. The lowest BCUT2D eigenvalue weighted by atomic mass is 10.2. The molecular weight excluding hydrogens is 242 g/mol. The minimum Gasteiger partial charge on any atom is -0.272 e. The van der Waals surface area contributed by atoms with E-state index in [2.05, 4.69) is 14.5 Å². The number of hydrogen-bond donors (Lipinski definition) is 2. The lowest BCUT2D eigenvalue weighted by molar-refractivity contribution is 0.564. The second kappa shape index (κ2) is 5.16. The Kier molecular flexibility index (Phi) is 4.09. The Morgan fingerprint density at radius 2 is 2.24 bits per heavy atom. The summed E-state index contributed by atoms with van der Waals surface area (Å²) >= 11 is 0. The minimum absolute atomic E-state index is 0.0336. The maximum Gasteiger partial charge on any atom is 0.300 e. The molecule has 0 atom stereocenters. The van der Waals surface area contributed by atoms with Gasteiger partial charge in [-0.1, -0.05) is 13.8 Å². The van der Waals surface area contributed by atoms with E-state index < -0.39 is 10.2 Å². The molecular formula is C9H15N5O2S. The smallest absolute Gasteiger partial charge is 0.272 e. The second-order valence-corrected chi connectivity index (χ2v) is 5.52. The van der Waals surface area contributed by atoms with E-state index in [0.717, 1.165) is 0 Å². The minimum atomic E-state index is -3.68. The van der Waals surface area contributed by atoms with E-state index in [1.165, 1.54) is 10.9 Å². The number of nitrogens with one attached hydrogen (secondary N) is 2. The molecule has 1 aromatic rings. The maximum atomic E-state index is 11.6. The highest BCUT2D eigenvalue weighted by molar-refractivity contribution is 7.90. The molecule has 0 aliphatic carbocycles. The molecule has 0 bridgehead atoms. The molecule has 8 heteroatoms. The number of anilines is 1. The Labute approximate surface area is 101 Å². The van der Waals surface area contributed by atoms with E-state index in [4.69, 9.17) is 5.26 Å². The van der Waals surface area contributed by atoms with Gasteiger partial charge in [0.05, 0.1) is 0 Å². The molecule has 0 fully saturated rings. The first-order valence-electron chi connectivity index (χ1n) is 5.05. The van der Waals surface area contributed by atoms with Crippen molar-refractivity contribution in [3.05, 3.63) is 11.8 Å². The van der Waals surface area contributed by atoms with E-state index in [0.29, 0.717) is 6.54 Å². The van der Waals surface area contributed by atoms with Gasteiger partial charge in [-0.05, 0) is 5.92 Å². The molecule has 1 heterocycles. The summed E-state index contributed by atoms with van der Waals surface area (Å²) in [4.78, 5) is 0. The third-order valence-corrected chi connectivity index (χ3v) is 2.87. The second-order valence-electron chi connectivity index (χ2n) is 4.02. The van der Waals surface area contributed by atoms with Crippen LogP contribution in [0, 0.1) is 17.2 Å². The first-order chi connectivity index (χ1) is 7.84. The number of rotatable bonds is 5. The number of aryl methyl sites for hydroxylation is 1. The van der Waals surface area contributed by atoms with Crippen LogP contribution >= 0.6 is 0 Å². The fourth-order valence-electron chi connectivity index (χ4n) is 1.09. The van der Waals surface area contributed by atoms with Crippen LogP contribution in [0.3, 0.4) is 0 Å². The average molecular weight is 257 g/mol. The molecule has 0 saturated carbocycles. The lowest BCUT2D eigenvalue weighted by Crippen LogP contribution is -2.33. The molecule has 1 aromatic heterocycles. The quantitative estimate of drug-likeness (QED) is 0.786. The Hall–Kier alpha value is -1.59. The summed E-state index contributed by atoms with van der Waals surface area (Å²) in [6, 6.07) is 1.87. The number of nitrogens with zero attached hydrogens (tertiary/aromatic N) is 3. The van der Waals surface area contributed by atoms with Gasteiger partial charge in [-0.3, -0.25) is 9.40 Å². The van der Waals surface area contributed by atoms with E-state index >= 15 is 0 Å². The predicted molar refractivity (Wildman–Crippen MR) is 63.3 cm³/mol. The number of aromatic nitrogens is 2. The van der Waals surface area contributed by atoms with Crippen molar-refractivity contribution < 1.29 is 8.42 Å². The first-order valence-corrected chi connectivity index (χ1v) is 6.53. The average Bonchev–Trinajstić information content (AvgIpc) is 2.55. The van der Waals surface area contributed by atoms with Crippen molar-refractivity contribution in [3.8, 4) is 6.07 Å². The molecule has 0 amide bonds. The Balaban J connectivity index is 2.80. The highest BCUT2D eigenvalue weighted by atomic mass is 32.2. The van der Waals surface area contributed by atoms with Gasteiger partial charge in [0.2, 0.25) is 0 Å². The number of hydrogen-bond acceptors (Lipinski definition) is 4. The standard InChI is InChI=1S/C9H15N5O2S/c1-7(2)5-11-17(15,16)13-9-8(4-10)6-14(3)12-9/h6-7,11H,5H2,1-3H3,(H,12,13). The Morgan fingerprint density at radius 1 is 1.59 bits per heavy atom. The molecule has 0 aliphatic rings. The first kappa shape index (κ1) is 13.5. The Morgan fingerprint density at radius 3 is 2.76 bits per heavy atom. The molecule has 0 aromatic carbocycles. The zero-order chi connectivity index (χ0) is 13.1. The van der Waals surface area contributed by atoms with Crippen molar-refractivity contribution in [2.24, 2.45) is 13.0 Å². The Bertz CT molecular complexity index is 526. The molecule has 94 valence electrons. The SMILES string of the molecule is CC(C)CNS(=O)(=O)Nc1nn(C)cc1C#N. The molecule has 2 N–H and O–H groups in total. The van der Waals surface area contributed by atoms with E-state index in [1.807, 2.05) is 19.9 Å². The van der Waals surface area contributed by atoms with Crippen LogP contribution in [0.25, 0.3) is 0 Å². The molecule has 0 radical (unpaired) electrons. The third-order valence-electron chi connectivity index (χ3n) is 1.86. The summed E-state index contributed by atoms with van der Waals surface area (Å²) in [5.41, 5.74) is 0.183. The molecule has 7 nitrogen and oxygen atoms in total. The summed E-state index contributed by atoms with van der Waals surface area (Å²) in [5.74, 6) is 0.233. The van der Waals surface area contributed by atoms with Crippen molar-refractivity contribution in [3.63, 3.8) is 0 Å². The van der Waals surface area contributed by atoms with Crippen LogP contribution in [0.4, 0.5) is 5.82 Å². The van der Waals surface area contributed by atoms with Gasteiger partial charge in [0, 0.05) is 19.8 Å². The monoisotopic (exact) mass is 257 g/mol. The van der Waals surface area contributed by atoms with Crippen molar-refractivity contribution in [2.45, 2.75) is 13.8 Å². The molecule has 0 saturated heterocycles. The lowest BCUT2D eigenvalue weighted by Gasteiger charge is -2.09. The van der Waals surface area contributed by atoms with E-state index in [1.54, 1.807) is 7.05 Å². The van der Waals surface area contributed by atoms with Crippen molar-refractivity contribution in [2.75, 3.05) is 11.3 Å². The topological polar surface area (TPSA) is 99.8 Å². The van der Waals surface area contributed by atoms with Crippen LogP contribution in [-0.4, -0.2) is 24.7 Å². The van der Waals surface area contributed by atoms with Crippen molar-refractivity contribution >= 4 is 16.0 Å². The molecule has 0 spiro atoms. The molecule has 1 rings (SSSR count). The zero-order valence-electron chi connectivity index (χ0n) is 9.93. The number of nitriles is 1. The van der Waals surface area contributed by atoms with Crippen LogP contribution in [0.5, 0.6) is 0 Å². The fraction of sp³-hybridized carbons (Fsp3) is 0.556. The van der Waals surface area contributed by atoms with Crippen LogP contribution in [0.1, 0.15) is 19.4 Å². The van der Waals surface area contributed by atoms with Gasteiger partial charge in [0.25, 0.3) is 10.2 Å². The zero-order valence-corrected chi connectivity index (χ0v) is 10.7. The highest BCUT2D eigenvalue weighted by Gasteiger charge is 2.15. The predicted octanol–water partition coefficient (Wildman–Crippen LogP) is 0.194. The van der Waals surface area contributed by atoms with Crippen molar-refractivity contribution in [1.82, 2.24) is 14.5 Å². The fourth-order valence-corrected chi connectivity index (χ4v) is 2.12. The van der Waals surface area contributed by atoms with Crippen LogP contribution in [-0.2, 0) is 17.3 Å². The van der Waals surface area contributed by atoms with Crippen molar-refractivity contribution in [1.29, 1.82) is 5.26 Å². The summed E-state index contributed by atoms with van der Waals surface area (Å²) in [7, 11) is -2.06. The highest BCUT2D eigenvalue weighted by Crippen LogP contribution is 2.11. The van der Waals surface area contributed by atoms with Gasteiger partial charge in [0.15, 0.2) is 5.82 Å². The molecule has 17 heavy (non-hydrogen) atoms. The van der Waals surface area contributed by atoms with Gasteiger partial charge >= 0.3 is 0 Å². The summed E-state index contributed by atoms with van der Waals surface area (Å²) in [5, 5.41) is 12.6. The van der Waals surface area contributed by atoms with Crippen LogP contribution in [0.2, 0.25) is 0 Å².